The SMILES string of the molecule is CC(C)(CC(C)(C)C(=O)OCC1CO1)C(=O)OCCOC(=O)Cc1ccc(I)cc1. The Labute approximate surface area is 190 Å². The number of hydrogen-bond donors (Lipinski definition) is 0. The maximum atomic E-state index is 12.5. The molecule has 166 valence electrons. The van der Waals surface area contributed by atoms with Gasteiger partial charge in [-0.1, -0.05) is 12.1 Å². The lowest BCUT2D eigenvalue weighted by atomic mass is 9.75. The third kappa shape index (κ3) is 8.22. The van der Waals surface area contributed by atoms with Crippen molar-refractivity contribution in [3.63, 3.8) is 0 Å². The standard InChI is InChI=1S/C22H29IO7/c1-21(2,14-22(3,4)20(26)30-13-17-12-29-17)19(25)28-10-9-27-18(24)11-15-5-7-16(23)8-6-15/h5-8,17H,9-14H2,1-4H3. The lowest BCUT2D eigenvalue weighted by Gasteiger charge is -2.31. The normalized spacial score (nSPS) is 16.0. The van der Waals surface area contributed by atoms with Crippen LogP contribution in [-0.2, 0) is 39.8 Å². The van der Waals surface area contributed by atoms with Gasteiger partial charge in [0.2, 0.25) is 0 Å². The molecule has 0 spiro atoms. The molecule has 0 N–H and O–H groups in total. The summed E-state index contributed by atoms with van der Waals surface area (Å²) in [5.74, 6) is -1.21. The highest BCUT2D eigenvalue weighted by atomic mass is 127. The Bertz CT molecular complexity index is 751. The summed E-state index contributed by atoms with van der Waals surface area (Å²) in [6, 6.07) is 7.58. The average molecular weight is 532 g/mol. The third-order valence-corrected chi connectivity index (χ3v) is 5.35. The van der Waals surface area contributed by atoms with Crippen LogP contribution in [0, 0.1) is 14.4 Å². The van der Waals surface area contributed by atoms with Gasteiger partial charge in [-0.2, -0.15) is 0 Å². The molecule has 8 heteroatoms. The molecule has 0 aromatic heterocycles. The molecule has 1 heterocycles. The van der Waals surface area contributed by atoms with Crippen LogP contribution >= 0.6 is 22.6 Å². The fourth-order valence-electron chi connectivity index (χ4n) is 3.08. The summed E-state index contributed by atoms with van der Waals surface area (Å²) in [4.78, 5) is 36.7. The van der Waals surface area contributed by atoms with E-state index in [1.807, 2.05) is 24.3 Å². The van der Waals surface area contributed by atoms with E-state index in [9.17, 15) is 14.4 Å². The number of halogens is 1. The van der Waals surface area contributed by atoms with Crippen LogP contribution in [0.1, 0.15) is 39.7 Å². The fourth-order valence-corrected chi connectivity index (χ4v) is 3.44. The Morgan fingerprint density at radius 3 is 2.07 bits per heavy atom. The largest absolute Gasteiger partial charge is 0.462 e. The van der Waals surface area contributed by atoms with Gasteiger partial charge in [-0.15, -0.1) is 0 Å². The second kappa shape index (κ2) is 10.6. The third-order valence-electron chi connectivity index (χ3n) is 4.63. The first-order valence-electron chi connectivity index (χ1n) is 9.86. The van der Waals surface area contributed by atoms with Crippen molar-refractivity contribution in [3.05, 3.63) is 33.4 Å². The molecule has 1 aromatic rings. The molecule has 1 aromatic carbocycles. The van der Waals surface area contributed by atoms with Gasteiger partial charge in [-0.25, -0.2) is 0 Å². The maximum Gasteiger partial charge on any atom is 0.311 e. The minimum absolute atomic E-state index is 0.00363. The van der Waals surface area contributed by atoms with E-state index in [4.69, 9.17) is 18.9 Å². The molecule has 2 rings (SSSR count). The Kier molecular flexibility index (Phi) is 8.66. The molecule has 0 radical (unpaired) electrons. The summed E-state index contributed by atoms with van der Waals surface area (Å²) >= 11 is 2.20. The molecule has 0 amide bonds. The van der Waals surface area contributed by atoms with E-state index < -0.39 is 16.8 Å². The minimum Gasteiger partial charge on any atom is -0.462 e. The molecular weight excluding hydrogens is 503 g/mol. The number of epoxide rings is 1. The second-order valence-corrected chi connectivity index (χ2v) is 9.90. The zero-order valence-corrected chi connectivity index (χ0v) is 20.0. The van der Waals surface area contributed by atoms with Gasteiger partial charge < -0.3 is 18.9 Å². The van der Waals surface area contributed by atoms with E-state index in [1.165, 1.54) is 0 Å². The number of carbonyl (C=O) groups is 3. The van der Waals surface area contributed by atoms with Crippen molar-refractivity contribution in [2.45, 2.75) is 46.6 Å². The predicted molar refractivity (Wildman–Crippen MR) is 118 cm³/mol. The maximum absolute atomic E-state index is 12.5. The van der Waals surface area contributed by atoms with Crippen molar-refractivity contribution in [2.24, 2.45) is 10.8 Å². The second-order valence-electron chi connectivity index (χ2n) is 8.66. The van der Waals surface area contributed by atoms with E-state index in [-0.39, 0.29) is 50.7 Å². The Morgan fingerprint density at radius 2 is 1.50 bits per heavy atom. The van der Waals surface area contributed by atoms with E-state index in [0.717, 1.165) is 9.13 Å². The fraction of sp³-hybridized carbons (Fsp3) is 0.591. The first kappa shape index (κ1) is 24.6. The van der Waals surface area contributed by atoms with Gasteiger partial charge in [-0.05, 0) is 74.4 Å². The number of rotatable bonds is 11. The molecule has 1 fully saturated rings. The van der Waals surface area contributed by atoms with Crippen LogP contribution in [0.25, 0.3) is 0 Å². The van der Waals surface area contributed by atoms with Crippen LogP contribution in [0.4, 0.5) is 0 Å². The molecule has 30 heavy (non-hydrogen) atoms. The highest BCUT2D eigenvalue weighted by Gasteiger charge is 2.41. The highest BCUT2D eigenvalue weighted by molar-refractivity contribution is 14.1. The van der Waals surface area contributed by atoms with E-state index in [0.29, 0.717) is 6.61 Å². The zero-order chi connectivity index (χ0) is 22.4. The van der Waals surface area contributed by atoms with Gasteiger partial charge in [0.05, 0.1) is 23.9 Å². The number of carbonyl (C=O) groups excluding carboxylic acids is 3. The van der Waals surface area contributed by atoms with Crippen molar-refractivity contribution in [1.29, 1.82) is 0 Å². The molecule has 0 aliphatic carbocycles. The smallest absolute Gasteiger partial charge is 0.311 e. The molecule has 1 aliphatic rings. The molecule has 1 atom stereocenters. The van der Waals surface area contributed by atoms with Gasteiger partial charge >= 0.3 is 17.9 Å². The summed E-state index contributed by atoms with van der Waals surface area (Å²) in [6.07, 6.45) is 0.421. The minimum atomic E-state index is -0.899. The Balaban J connectivity index is 1.70. The first-order valence-corrected chi connectivity index (χ1v) is 10.9. The van der Waals surface area contributed by atoms with Crippen molar-refractivity contribution < 1.29 is 33.3 Å². The predicted octanol–water partition coefficient (Wildman–Crippen LogP) is 3.30. The van der Waals surface area contributed by atoms with Crippen LogP contribution < -0.4 is 0 Å². The van der Waals surface area contributed by atoms with Crippen LogP contribution in [0.2, 0.25) is 0 Å². The topological polar surface area (TPSA) is 91.4 Å². The van der Waals surface area contributed by atoms with Crippen molar-refractivity contribution in [3.8, 4) is 0 Å². The van der Waals surface area contributed by atoms with Crippen molar-refractivity contribution in [2.75, 3.05) is 26.4 Å². The number of esters is 3. The molecule has 1 unspecified atom stereocenters. The van der Waals surface area contributed by atoms with E-state index in [2.05, 4.69) is 22.6 Å². The van der Waals surface area contributed by atoms with Gasteiger partial charge in [0, 0.05) is 3.57 Å². The van der Waals surface area contributed by atoms with Crippen LogP contribution in [0.3, 0.4) is 0 Å². The van der Waals surface area contributed by atoms with Crippen LogP contribution in [-0.4, -0.2) is 50.4 Å². The number of benzene rings is 1. The monoisotopic (exact) mass is 532 g/mol. The lowest BCUT2D eigenvalue weighted by Crippen LogP contribution is -2.37. The quantitative estimate of drug-likeness (QED) is 0.142. The average Bonchev–Trinajstić information content (AvgIpc) is 3.48. The molecule has 0 saturated carbocycles. The summed E-state index contributed by atoms with van der Waals surface area (Å²) in [5, 5.41) is 0. The zero-order valence-electron chi connectivity index (χ0n) is 17.9. The molecule has 1 saturated heterocycles. The summed E-state index contributed by atoms with van der Waals surface area (Å²) in [7, 11) is 0. The van der Waals surface area contributed by atoms with Crippen LogP contribution in [0.15, 0.2) is 24.3 Å². The summed E-state index contributed by atoms with van der Waals surface area (Å²) < 4.78 is 21.8. The first-order chi connectivity index (χ1) is 14.0. The van der Waals surface area contributed by atoms with Crippen molar-refractivity contribution in [1.82, 2.24) is 0 Å². The van der Waals surface area contributed by atoms with Crippen molar-refractivity contribution >= 4 is 40.5 Å². The molecule has 7 nitrogen and oxygen atoms in total. The molecule has 1 aliphatic heterocycles. The molecular formula is C22H29IO7. The summed E-state index contributed by atoms with van der Waals surface area (Å²) in [5.41, 5.74) is -0.887. The number of hydrogen-bond acceptors (Lipinski definition) is 7. The van der Waals surface area contributed by atoms with Crippen LogP contribution in [0.5, 0.6) is 0 Å². The van der Waals surface area contributed by atoms with Gasteiger partial charge in [-0.3, -0.25) is 14.4 Å². The van der Waals surface area contributed by atoms with E-state index >= 15 is 0 Å². The lowest BCUT2D eigenvalue weighted by molar-refractivity contribution is -0.164. The van der Waals surface area contributed by atoms with Gasteiger partial charge in [0.1, 0.15) is 25.9 Å². The van der Waals surface area contributed by atoms with Gasteiger partial charge in [0.15, 0.2) is 0 Å². The Hall–Kier alpha value is -1.68. The highest BCUT2D eigenvalue weighted by Crippen LogP contribution is 2.36. The molecule has 0 bridgehead atoms. The van der Waals surface area contributed by atoms with E-state index in [1.54, 1.807) is 27.7 Å². The summed E-state index contributed by atoms with van der Waals surface area (Å²) in [6.45, 7) is 7.72. The van der Waals surface area contributed by atoms with Gasteiger partial charge in [0.25, 0.3) is 0 Å². The number of ether oxygens (including phenoxy) is 4. The Morgan fingerprint density at radius 1 is 0.967 bits per heavy atom.